The van der Waals surface area contributed by atoms with Crippen LogP contribution in [-0.2, 0) is 0 Å². The van der Waals surface area contributed by atoms with Crippen LogP contribution in [0.1, 0.15) is 160 Å². The molecule has 0 aromatic heterocycles. The van der Waals surface area contributed by atoms with E-state index < -0.39 is 9.52 Å². The average Bonchev–Trinajstić information content (AvgIpc) is 3.51. The summed E-state index contributed by atoms with van der Waals surface area (Å²) in [7, 11) is -0.552. The summed E-state index contributed by atoms with van der Waals surface area (Å²) in [5, 5.41) is 3.02. The van der Waals surface area contributed by atoms with Crippen molar-refractivity contribution >= 4 is 32.0 Å². The topological polar surface area (TPSA) is 0 Å². The van der Waals surface area contributed by atoms with Gasteiger partial charge in [-0.15, -0.1) is 0 Å². The molecule has 0 N–H and O–H groups in total. The van der Waals surface area contributed by atoms with Crippen LogP contribution in [0.25, 0.3) is 12.2 Å². The fraction of sp³-hybridized carbons (Fsp3) is 0.364. The van der Waals surface area contributed by atoms with Crippen molar-refractivity contribution in [3.05, 3.63) is 140 Å². The van der Waals surface area contributed by atoms with Gasteiger partial charge in [-0.05, 0) is 93.2 Å². The number of rotatable bonds is 8. The molecular formula is C44H52Si. The Hall–Kier alpha value is -3.42. The summed E-state index contributed by atoms with van der Waals surface area (Å²) in [6.07, 6.45) is 4.91. The van der Waals surface area contributed by atoms with E-state index in [2.05, 4.69) is 154 Å². The van der Waals surface area contributed by atoms with Gasteiger partial charge in [0.05, 0.1) is 9.52 Å². The van der Waals surface area contributed by atoms with Crippen LogP contribution >= 0.6 is 0 Å². The molecule has 2 aliphatic rings. The molecule has 0 saturated heterocycles. The van der Waals surface area contributed by atoms with Gasteiger partial charge in [-0.2, -0.15) is 0 Å². The highest BCUT2D eigenvalue weighted by molar-refractivity contribution is 6.67. The van der Waals surface area contributed by atoms with Crippen molar-refractivity contribution in [1.29, 1.82) is 0 Å². The molecule has 4 aromatic carbocycles. The van der Waals surface area contributed by atoms with Crippen LogP contribution in [0.4, 0.5) is 0 Å². The molecule has 0 aliphatic heterocycles. The smallest absolute Gasteiger partial charge is 0.0630 e. The molecule has 0 nitrogen and oxygen atoms in total. The molecule has 0 spiro atoms. The molecule has 0 radical (unpaired) electrons. The second kappa shape index (κ2) is 12.4. The Morgan fingerprint density at radius 3 is 1.13 bits per heavy atom. The van der Waals surface area contributed by atoms with E-state index in [0.717, 1.165) is 0 Å². The standard InChI is InChI=1S/C44H52Si/c1-25(2)33-21-37(27(5)6)39-19-29(9)43(41(39)23-33)31-11-15-35(16-12-31)45-36-17-13-32(14-18-36)44-30(10)20-40-38(28(7)8)22-34(26(3)4)24-42(40)44/h11-28,43-44H,45H2,1-10H3. The lowest BCUT2D eigenvalue weighted by Crippen LogP contribution is -2.27. The Bertz CT molecular complexity index is 1640. The Balaban J connectivity index is 1.23. The van der Waals surface area contributed by atoms with Crippen molar-refractivity contribution in [2.45, 2.75) is 105 Å². The van der Waals surface area contributed by atoms with Crippen LogP contribution in [-0.4, -0.2) is 9.52 Å². The van der Waals surface area contributed by atoms with Gasteiger partial charge in [0.25, 0.3) is 0 Å². The quantitative estimate of drug-likeness (QED) is 0.175. The zero-order valence-electron chi connectivity index (χ0n) is 29.3. The summed E-state index contributed by atoms with van der Waals surface area (Å²) >= 11 is 0. The minimum atomic E-state index is -0.552. The minimum Gasteiger partial charge on any atom is -0.0630 e. The average molecular weight is 609 g/mol. The van der Waals surface area contributed by atoms with E-state index in [1.165, 1.54) is 77.2 Å². The zero-order valence-corrected chi connectivity index (χ0v) is 30.7. The lowest BCUT2D eigenvalue weighted by Gasteiger charge is -2.21. The Morgan fingerprint density at radius 1 is 0.467 bits per heavy atom. The molecule has 0 saturated carbocycles. The molecule has 2 aliphatic carbocycles. The molecule has 0 heterocycles. The van der Waals surface area contributed by atoms with Gasteiger partial charge in [-0.1, -0.05) is 162 Å². The Kier molecular flexibility index (Phi) is 8.70. The molecule has 4 aromatic rings. The predicted molar refractivity (Wildman–Crippen MR) is 201 cm³/mol. The van der Waals surface area contributed by atoms with Gasteiger partial charge in [0.2, 0.25) is 0 Å². The first-order valence-electron chi connectivity index (χ1n) is 17.3. The maximum absolute atomic E-state index is 2.49. The first-order valence-corrected chi connectivity index (χ1v) is 18.7. The van der Waals surface area contributed by atoms with Crippen LogP contribution in [0, 0.1) is 0 Å². The fourth-order valence-corrected chi connectivity index (χ4v) is 9.18. The van der Waals surface area contributed by atoms with Gasteiger partial charge >= 0.3 is 0 Å². The van der Waals surface area contributed by atoms with Gasteiger partial charge in [-0.3, -0.25) is 0 Å². The summed E-state index contributed by atoms with van der Waals surface area (Å²) in [6.45, 7) is 23.2. The van der Waals surface area contributed by atoms with Crippen LogP contribution in [0.15, 0.2) is 83.9 Å². The Labute approximate surface area is 275 Å². The van der Waals surface area contributed by atoms with Crippen LogP contribution in [0.5, 0.6) is 0 Å². The highest BCUT2D eigenvalue weighted by atomic mass is 28.2. The zero-order chi connectivity index (χ0) is 32.2. The molecule has 0 amide bonds. The number of hydrogen-bond acceptors (Lipinski definition) is 0. The van der Waals surface area contributed by atoms with E-state index in [0.29, 0.717) is 35.5 Å². The van der Waals surface area contributed by atoms with Crippen LogP contribution < -0.4 is 10.4 Å². The van der Waals surface area contributed by atoms with Crippen molar-refractivity contribution < 1.29 is 0 Å². The monoisotopic (exact) mass is 608 g/mol. The number of hydrogen-bond donors (Lipinski definition) is 0. The van der Waals surface area contributed by atoms with Crippen molar-refractivity contribution in [2.75, 3.05) is 0 Å². The summed E-state index contributed by atoms with van der Waals surface area (Å²) in [5.74, 6) is 2.85. The molecule has 2 atom stereocenters. The molecule has 232 valence electrons. The van der Waals surface area contributed by atoms with Crippen LogP contribution in [0.2, 0.25) is 0 Å². The van der Waals surface area contributed by atoms with E-state index in [-0.39, 0.29) is 0 Å². The van der Waals surface area contributed by atoms with Crippen molar-refractivity contribution in [2.24, 2.45) is 0 Å². The molecule has 6 rings (SSSR count). The predicted octanol–water partition coefficient (Wildman–Crippen LogP) is 10.4. The van der Waals surface area contributed by atoms with Crippen LogP contribution in [0.3, 0.4) is 0 Å². The maximum Gasteiger partial charge on any atom is 0.0875 e. The molecule has 0 bridgehead atoms. The van der Waals surface area contributed by atoms with Crippen molar-refractivity contribution in [3.63, 3.8) is 0 Å². The Morgan fingerprint density at radius 2 is 0.822 bits per heavy atom. The van der Waals surface area contributed by atoms with Gasteiger partial charge in [0.15, 0.2) is 0 Å². The second-order valence-corrected chi connectivity index (χ2v) is 17.1. The third kappa shape index (κ3) is 5.97. The molecule has 1 heteroatoms. The van der Waals surface area contributed by atoms with Gasteiger partial charge in [0, 0.05) is 11.8 Å². The lowest BCUT2D eigenvalue weighted by atomic mass is 9.84. The maximum atomic E-state index is 2.49. The summed E-state index contributed by atoms with van der Waals surface area (Å²) < 4.78 is 0. The number of allylic oxidation sites excluding steroid dienone is 2. The highest BCUT2D eigenvalue weighted by Crippen LogP contribution is 2.46. The molecule has 45 heavy (non-hydrogen) atoms. The second-order valence-electron chi connectivity index (χ2n) is 15.1. The van der Waals surface area contributed by atoms with E-state index in [4.69, 9.17) is 0 Å². The van der Waals surface area contributed by atoms with E-state index in [1.54, 1.807) is 0 Å². The lowest BCUT2D eigenvalue weighted by molar-refractivity contribution is 0.823. The van der Waals surface area contributed by atoms with E-state index in [1.807, 2.05) is 0 Å². The minimum absolute atomic E-state index is 0.365. The first-order chi connectivity index (χ1) is 21.4. The molecule has 2 unspecified atom stereocenters. The molecule has 0 fully saturated rings. The normalized spacial score (nSPS) is 17.6. The van der Waals surface area contributed by atoms with Gasteiger partial charge < -0.3 is 0 Å². The number of fused-ring (bicyclic) bond motifs is 2. The fourth-order valence-electron chi connectivity index (χ4n) is 7.77. The summed E-state index contributed by atoms with van der Waals surface area (Å²) in [4.78, 5) is 0. The SMILES string of the molecule is CC1=Cc2c(C(C)C)cc(C(C)C)cc2C1c1ccc([SiH2]c2ccc(C3C(C)=Cc4c(C(C)C)cc(C(C)C)cc43)cc2)cc1. The third-order valence-electron chi connectivity index (χ3n) is 10.4. The highest BCUT2D eigenvalue weighted by Gasteiger charge is 2.29. The van der Waals surface area contributed by atoms with E-state index >= 15 is 0 Å². The largest absolute Gasteiger partial charge is 0.0875 e. The summed E-state index contributed by atoms with van der Waals surface area (Å²) in [5.41, 5.74) is 17.6. The van der Waals surface area contributed by atoms with Crippen molar-refractivity contribution in [1.82, 2.24) is 0 Å². The van der Waals surface area contributed by atoms with E-state index in [9.17, 15) is 0 Å². The van der Waals surface area contributed by atoms with Gasteiger partial charge in [-0.25, -0.2) is 0 Å². The summed E-state index contributed by atoms with van der Waals surface area (Å²) in [6, 6.07) is 29.2. The van der Waals surface area contributed by atoms with Crippen molar-refractivity contribution in [3.8, 4) is 0 Å². The first kappa shape index (κ1) is 31.6. The van der Waals surface area contributed by atoms with Gasteiger partial charge in [0.1, 0.15) is 0 Å². The third-order valence-corrected chi connectivity index (χ3v) is 12.2. The molecular weight excluding hydrogens is 557 g/mol. The number of benzene rings is 4.